The molecule has 1 amide bonds. The van der Waals surface area contributed by atoms with Gasteiger partial charge in [-0.1, -0.05) is 48.6 Å². The Morgan fingerprint density at radius 2 is 1.79 bits per heavy atom. The highest BCUT2D eigenvalue weighted by Crippen LogP contribution is 2.32. The third-order valence-corrected chi connectivity index (χ3v) is 7.88. The summed E-state index contributed by atoms with van der Waals surface area (Å²) in [5.41, 5.74) is 3.56. The lowest BCUT2D eigenvalue weighted by Crippen LogP contribution is -2.43. The normalized spacial score (nSPS) is 15.3. The first-order chi connectivity index (χ1) is 18.2. The van der Waals surface area contributed by atoms with Crippen molar-refractivity contribution in [1.82, 2.24) is 15.0 Å². The summed E-state index contributed by atoms with van der Waals surface area (Å²) in [7, 11) is -3.92. The van der Waals surface area contributed by atoms with Crippen LogP contribution in [0.1, 0.15) is 28.4 Å². The Balaban J connectivity index is 1.28. The summed E-state index contributed by atoms with van der Waals surface area (Å²) in [5, 5.41) is 13.3. The average molecular weight is 534 g/mol. The summed E-state index contributed by atoms with van der Waals surface area (Å²) in [6.07, 6.45) is 3.41. The number of hydrogen-bond donors (Lipinski definition) is 4. The number of carboxylic acids is 1. The molecule has 8 nitrogen and oxygen atoms in total. The molecule has 0 saturated carbocycles. The summed E-state index contributed by atoms with van der Waals surface area (Å²) in [5.74, 6) is -2.15. The molecular formula is C28H24FN3O5S. The second-order valence-electron chi connectivity index (χ2n) is 9.05. The lowest BCUT2D eigenvalue weighted by atomic mass is 9.99. The van der Waals surface area contributed by atoms with Gasteiger partial charge in [0.25, 0.3) is 0 Å². The highest BCUT2D eigenvalue weighted by molar-refractivity contribution is 7.89. The van der Waals surface area contributed by atoms with Crippen LogP contribution in [0.4, 0.5) is 4.39 Å². The number of aliphatic carboxylic acids is 1. The van der Waals surface area contributed by atoms with Gasteiger partial charge < -0.3 is 15.4 Å². The number of H-pyrrole nitrogens is 1. The Morgan fingerprint density at radius 1 is 1.03 bits per heavy atom. The van der Waals surface area contributed by atoms with E-state index in [9.17, 15) is 27.5 Å². The molecular weight excluding hydrogens is 509 g/mol. The zero-order valence-corrected chi connectivity index (χ0v) is 20.8. The predicted molar refractivity (Wildman–Crippen MR) is 140 cm³/mol. The number of fused-ring (bicyclic) bond motifs is 2. The molecule has 2 atom stereocenters. The van der Waals surface area contributed by atoms with Gasteiger partial charge in [0.05, 0.1) is 17.4 Å². The number of aromatic amines is 1. The minimum Gasteiger partial charge on any atom is -0.480 e. The lowest BCUT2D eigenvalue weighted by molar-refractivity contribution is -0.141. The van der Waals surface area contributed by atoms with Gasteiger partial charge in [0.2, 0.25) is 15.9 Å². The Morgan fingerprint density at radius 3 is 2.53 bits per heavy atom. The molecule has 1 heterocycles. The Kier molecular flexibility index (Phi) is 6.83. The number of para-hydroxylation sites is 1. The number of nitrogens with one attached hydrogen (secondary N) is 3. The van der Waals surface area contributed by atoms with Crippen LogP contribution in [0.15, 0.2) is 83.8 Å². The molecule has 5 rings (SSSR count). The molecule has 194 valence electrons. The molecule has 1 unspecified atom stereocenters. The maximum absolute atomic E-state index is 13.2. The van der Waals surface area contributed by atoms with Crippen LogP contribution in [0.2, 0.25) is 0 Å². The number of hydrogen-bond acceptors (Lipinski definition) is 4. The van der Waals surface area contributed by atoms with Crippen LogP contribution in [0.5, 0.6) is 0 Å². The number of carboxylic acid groups (broad SMARTS) is 1. The molecule has 3 aromatic carbocycles. The largest absolute Gasteiger partial charge is 0.480 e. The average Bonchev–Trinajstić information content (AvgIpc) is 3.48. The van der Waals surface area contributed by atoms with Gasteiger partial charge in [0, 0.05) is 17.6 Å². The number of amides is 1. The molecule has 0 saturated heterocycles. The number of carbonyl (C=O) groups is 2. The number of aromatic nitrogens is 1. The third-order valence-electron chi connectivity index (χ3n) is 6.42. The van der Waals surface area contributed by atoms with Gasteiger partial charge in [0.1, 0.15) is 11.9 Å². The molecule has 1 aliphatic carbocycles. The minimum absolute atomic E-state index is 0.0639. The fraction of sp³-hybridized carbons (Fsp3) is 0.143. The number of rotatable bonds is 9. The van der Waals surface area contributed by atoms with Crippen molar-refractivity contribution in [2.75, 3.05) is 0 Å². The highest BCUT2D eigenvalue weighted by atomic mass is 32.2. The first-order valence-electron chi connectivity index (χ1n) is 11.9. The summed E-state index contributed by atoms with van der Waals surface area (Å²) >= 11 is 0. The summed E-state index contributed by atoms with van der Waals surface area (Å²) < 4.78 is 41.4. The molecule has 0 aliphatic heterocycles. The number of sulfonamides is 1. The van der Waals surface area contributed by atoms with E-state index in [1.54, 1.807) is 30.4 Å². The quantitative estimate of drug-likeness (QED) is 0.261. The molecule has 0 radical (unpaired) electrons. The minimum atomic E-state index is -3.92. The van der Waals surface area contributed by atoms with Crippen molar-refractivity contribution in [2.24, 2.45) is 0 Å². The van der Waals surface area contributed by atoms with Gasteiger partial charge in [0.15, 0.2) is 0 Å². The second kappa shape index (κ2) is 10.2. The van der Waals surface area contributed by atoms with E-state index in [4.69, 9.17) is 0 Å². The molecule has 0 bridgehead atoms. The van der Waals surface area contributed by atoms with Gasteiger partial charge >= 0.3 is 5.97 Å². The van der Waals surface area contributed by atoms with E-state index in [-0.39, 0.29) is 17.7 Å². The molecule has 1 aliphatic rings. The summed E-state index contributed by atoms with van der Waals surface area (Å²) in [6.45, 7) is 0. The maximum Gasteiger partial charge on any atom is 0.326 e. The van der Waals surface area contributed by atoms with E-state index in [2.05, 4.69) is 15.0 Å². The second-order valence-corrected chi connectivity index (χ2v) is 10.8. The zero-order valence-electron chi connectivity index (χ0n) is 20.0. The van der Waals surface area contributed by atoms with E-state index in [1.807, 2.05) is 30.3 Å². The van der Waals surface area contributed by atoms with E-state index >= 15 is 0 Å². The number of carbonyl (C=O) groups excluding carboxylic acids is 1. The first kappa shape index (κ1) is 25.4. The maximum atomic E-state index is 13.2. The van der Waals surface area contributed by atoms with Crippen LogP contribution < -0.4 is 10.0 Å². The Labute approximate surface area is 218 Å². The standard InChI is InChI=1S/C28H24FN3O5S/c29-19-8-10-21(11-9-19)38(36,37)32-25-13-12-22-17(5-3-6-23(22)25)15-27(33)31-26(28(34)35)16-20-14-18-4-1-2-7-24(18)30-20/h1-14,25-26,30,32H,15-16H2,(H,31,33)(H,34,35)/t25?,26-/m1/s1. The molecule has 10 heteroatoms. The van der Waals surface area contributed by atoms with Gasteiger partial charge in [-0.05, 0) is 58.5 Å². The lowest BCUT2D eigenvalue weighted by Gasteiger charge is -2.17. The topological polar surface area (TPSA) is 128 Å². The highest BCUT2D eigenvalue weighted by Gasteiger charge is 2.27. The van der Waals surface area contributed by atoms with E-state index in [0.29, 0.717) is 22.4 Å². The van der Waals surface area contributed by atoms with Crippen molar-refractivity contribution in [2.45, 2.75) is 29.8 Å². The fourth-order valence-corrected chi connectivity index (χ4v) is 5.76. The van der Waals surface area contributed by atoms with Crippen molar-refractivity contribution in [1.29, 1.82) is 0 Å². The fourth-order valence-electron chi connectivity index (χ4n) is 4.59. The van der Waals surface area contributed by atoms with E-state index < -0.39 is 39.8 Å². The summed E-state index contributed by atoms with van der Waals surface area (Å²) in [4.78, 5) is 27.9. The van der Waals surface area contributed by atoms with Gasteiger partial charge in [-0.2, -0.15) is 4.72 Å². The van der Waals surface area contributed by atoms with Crippen LogP contribution in [-0.2, 0) is 32.5 Å². The van der Waals surface area contributed by atoms with Crippen LogP contribution in [0, 0.1) is 5.82 Å². The van der Waals surface area contributed by atoms with E-state index in [0.717, 1.165) is 23.0 Å². The van der Waals surface area contributed by atoms with Crippen molar-refractivity contribution < 1.29 is 27.5 Å². The van der Waals surface area contributed by atoms with Gasteiger partial charge in [-0.25, -0.2) is 17.6 Å². The molecule has 0 spiro atoms. The van der Waals surface area contributed by atoms with Crippen LogP contribution in [-0.4, -0.2) is 36.4 Å². The van der Waals surface area contributed by atoms with Crippen molar-refractivity contribution in [3.05, 3.63) is 107 Å². The van der Waals surface area contributed by atoms with Gasteiger partial charge in [-0.15, -0.1) is 0 Å². The van der Waals surface area contributed by atoms with Crippen molar-refractivity contribution in [3.63, 3.8) is 0 Å². The van der Waals surface area contributed by atoms with Crippen LogP contribution >= 0.6 is 0 Å². The van der Waals surface area contributed by atoms with E-state index in [1.165, 1.54) is 12.1 Å². The van der Waals surface area contributed by atoms with Crippen molar-refractivity contribution >= 4 is 38.9 Å². The monoisotopic (exact) mass is 533 g/mol. The molecule has 4 aromatic rings. The molecule has 0 fully saturated rings. The zero-order chi connectivity index (χ0) is 26.9. The predicted octanol–water partition coefficient (Wildman–Crippen LogP) is 3.71. The Hall–Kier alpha value is -4.28. The molecule has 4 N–H and O–H groups in total. The third kappa shape index (κ3) is 5.36. The molecule has 1 aromatic heterocycles. The summed E-state index contributed by atoms with van der Waals surface area (Å²) in [6, 6.07) is 17.4. The SMILES string of the molecule is O=C(Cc1cccc2c1C=CC2NS(=O)(=O)c1ccc(F)cc1)N[C@H](Cc1cc2ccccc2[nH]1)C(=O)O. The number of benzene rings is 3. The first-order valence-corrected chi connectivity index (χ1v) is 13.3. The van der Waals surface area contributed by atoms with Crippen molar-refractivity contribution in [3.8, 4) is 0 Å². The molecule has 38 heavy (non-hydrogen) atoms. The van der Waals surface area contributed by atoms with Crippen LogP contribution in [0.3, 0.4) is 0 Å². The Bertz CT molecular complexity index is 1630. The number of halogens is 1. The smallest absolute Gasteiger partial charge is 0.326 e. The van der Waals surface area contributed by atoms with Gasteiger partial charge in [-0.3, -0.25) is 4.79 Å². The van der Waals surface area contributed by atoms with Crippen LogP contribution in [0.25, 0.3) is 17.0 Å².